The van der Waals surface area contributed by atoms with Crippen LogP contribution in [-0.4, -0.2) is 21.8 Å². The molecule has 1 atom stereocenters. The number of hydrogen-bond donors (Lipinski definition) is 1. The second-order valence-corrected chi connectivity index (χ2v) is 6.06. The monoisotopic (exact) mass is 303 g/mol. The molecule has 1 unspecified atom stereocenters. The minimum Gasteiger partial charge on any atom is -0.335 e. The molecule has 0 saturated heterocycles. The number of nitrogens with zero attached hydrogens (tertiary/aromatic N) is 2. The highest BCUT2D eigenvalue weighted by Gasteiger charge is 2.42. The summed E-state index contributed by atoms with van der Waals surface area (Å²) in [6, 6.07) is -0.0998. The molecule has 1 saturated carbocycles. The summed E-state index contributed by atoms with van der Waals surface area (Å²) >= 11 is 0. The Morgan fingerprint density at radius 1 is 1.33 bits per heavy atom. The Bertz CT molecular complexity index is 434. The zero-order valence-corrected chi connectivity index (χ0v) is 12.4. The molecule has 0 aliphatic heterocycles. The van der Waals surface area contributed by atoms with Crippen LogP contribution in [0.25, 0.3) is 0 Å². The van der Waals surface area contributed by atoms with Crippen LogP contribution in [0.1, 0.15) is 44.9 Å². The molecule has 0 spiro atoms. The molecule has 120 valence electrons. The second-order valence-electron chi connectivity index (χ2n) is 6.06. The highest BCUT2D eigenvalue weighted by molar-refractivity contribution is 4.97. The zero-order chi connectivity index (χ0) is 15.5. The zero-order valence-electron chi connectivity index (χ0n) is 12.4. The Labute approximate surface area is 123 Å². The van der Waals surface area contributed by atoms with E-state index < -0.39 is 12.1 Å². The molecule has 1 aromatic rings. The fourth-order valence-corrected chi connectivity index (χ4v) is 3.23. The van der Waals surface area contributed by atoms with Crippen LogP contribution in [0.3, 0.4) is 0 Å². The Kier molecular flexibility index (Phi) is 5.30. The van der Waals surface area contributed by atoms with E-state index in [0.717, 1.165) is 18.8 Å². The first-order valence-electron chi connectivity index (χ1n) is 7.74. The molecule has 3 nitrogen and oxygen atoms in total. The maximum Gasteiger partial charge on any atom is 0.391 e. The van der Waals surface area contributed by atoms with E-state index in [0.29, 0.717) is 19.3 Å². The van der Waals surface area contributed by atoms with Crippen LogP contribution in [-0.2, 0) is 13.0 Å². The van der Waals surface area contributed by atoms with Crippen LogP contribution in [0.15, 0.2) is 12.4 Å². The number of nitrogens with two attached hydrogens (primary N) is 1. The molecule has 0 bridgehead atoms. The van der Waals surface area contributed by atoms with Crippen molar-refractivity contribution in [1.29, 1.82) is 0 Å². The summed E-state index contributed by atoms with van der Waals surface area (Å²) < 4.78 is 40.1. The number of aryl methyl sites for hydroxylation is 1. The normalized spacial score (nSPS) is 25.0. The van der Waals surface area contributed by atoms with Crippen molar-refractivity contribution < 1.29 is 13.2 Å². The van der Waals surface area contributed by atoms with Gasteiger partial charge in [0, 0.05) is 31.4 Å². The maximum atomic E-state index is 12.7. The highest BCUT2D eigenvalue weighted by Crippen LogP contribution is 2.40. The standard InChI is InChI=1S/C15H24F3N3/c1-2-8-21-9-7-20-14(21)10-13(19)11-3-5-12(6-4-11)15(16,17)18/h7,9,11-13H,2-6,8,10,19H2,1H3. The minimum absolute atomic E-state index is 0.0998. The van der Waals surface area contributed by atoms with Gasteiger partial charge in [-0.15, -0.1) is 0 Å². The summed E-state index contributed by atoms with van der Waals surface area (Å²) in [4.78, 5) is 4.33. The molecule has 1 aliphatic carbocycles. The third-order valence-corrected chi connectivity index (χ3v) is 4.52. The molecule has 1 aliphatic rings. The van der Waals surface area contributed by atoms with Gasteiger partial charge in [-0.2, -0.15) is 13.2 Å². The van der Waals surface area contributed by atoms with Crippen LogP contribution in [0, 0.1) is 11.8 Å². The van der Waals surface area contributed by atoms with Gasteiger partial charge in [-0.05, 0) is 38.0 Å². The second kappa shape index (κ2) is 6.81. The fourth-order valence-electron chi connectivity index (χ4n) is 3.23. The number of hydrogen-bond acceptors (Lipinski definition) is 2. The molecular formula is C15H24F3N3. The van der Waals surface area contributed by atoms with E-state index in [9.17, 15) is 13.2 Å². The van der Waals surface area contributed by atoms with Crippen LogP contribution in [0.4, 0.5) is 13.2 Å². The first-order valence-corrected chi connectivity index (χ1v) is 7.74. The van der Waals surface area contributed by atoms with Gasteiger partial charge in [0.15, 0.2) is 0 Å². The van der Waals surface area contributed by atoms with Crippen LogP contribution >= 0.6 is 0 Å². The van der Waals surface area contributed by atoms with Crippen molar-refractivity contribution >= 4 is 0 Å². The number of alkyl halides is 3. The molecular weight excluding hydrogens is 279 g/mol. The predicted octanol–water partition coefficient (Wildman–Crippen LogP) is 3.53. The van der Waals surface area contributed by atoms with Gasteiger partial charge in [0.05, 0.1) is 5.92 Å². The number of aromatic nitrogens is 2. The highest BCUT2D eigenvalue weighted by atomic mass is 19.4. The topological polar surface area (TPSA) is 43.8 Å². The van der Waals surface area contributed by atoms with E-state index in [2.05, 4.69) is 16.5 Å². The van der Waals surface area contributed by atoms with Gasteiger partial charge in [0.1, 0.15) is 5.82 Å². The lowest BCUT2D eigenvalue weighted by atomic mass is 9.77. The van der Waals surface area contributed by atoms with Crippen molar-refractivity contribution in [3.8, 4) is 0 Å². The van der Waals surface area contributed by atoms with Gasteiger partial charge in [0.25, 0.3) is 0 Å². The average Bonchev–Trinajstić information content (AvgIpc) is 2.86. The van der Waals surface area contributed by atoms with Gasteiger partial charge in [-0.1, -0.05) is 6.92 Å². The minimum atomic E-state index is -4.05. The van der Waals surface area contributed by atoms with Crippen LogP contribution in [0.2, 0.25) is 0 Å². The van der Waals surface area contributed by atoms with E-state index >= 15 is 0 Å². The summed E-state index contributed by atoms with van der Waals surface area (Å²) in [5.74, 6) is -0.0132. The first-order chi connectivity index (χ1) is 9.91. The molecule has 1 fully saturated rings. The Morgan fingerprint density at radius 2 is 2.00 bits per heavy atom. The first kappa shape index (κ1) is 16.3. The molecule has 1 heterocycles. The van der Waals surface area contributed by atoms with Crippen LogP contribution < -0.4 is 5.73 Å². The van der Waals surface area contributed by atoms with E-state index in [-0.39, 0.29) is 24.8 Å². The average molecular weight is 303 g/mol. The van der Waals surface area contributed by atoms with Gasteiger partial charge >= 0.3 is 6.18 Å². The molecule has 1 aromatic heterocycles. The number of imidazole rings is 1. The Morgan fingerprint density at radius 3 is 2.57 bits per heavy atom. The van der Waals surface area contributed by atoms with Gasteiger partial charge in [0.2, 0.25) is 0 Å². The van der Waals surface area contributed by atoms with E-state index in [4.69, 9.17) is 5.73 Å². The third-order valence-electron chi connectivity index (χ3n) is 4.52. The van der Waals surface area contributed by atoms with Gasteiger partial charge < -0.3 is 10.3 Å². The molecule has 0 aromatic carbocycles. The lowest BCUT2D eigenvalue weighted by Gasteiger charge is -2.33. The van der Waals surface area contributed by atoms with E-state index in [1.165, 1.54) is 0 Å². The summed E-state index contributed by atoms with van der Waals surface area (Å²) in [6.07, 6.45) is 2.89. The summed E-state index contributed by atoms with van der Waals surface area (Å²) in [6.45, 7) is 3.00. The van der Waals surface area contributed by atoms with Gasteiger partial charge in [-0.3, -0.25) is 0 Å². The molecule has 6 heteroatoms. The van der Waals surface area contributed by atoms with Gasteiger partial charge in [-0.25, -0.2) is 4.98 Å². The van der Waals surface area contributed by atoms with Crippen molar-refractivity contribution in [2.24, 2.45) is 17.6 Å². The largest absolute Gasteiger partial charge is 0.391 e. The van der Waals surface area contributed by atoms with Crippen molar-refractivity contribution in [3.05, 3.63) is 18.2 Å². The maximum absolute atomic E-state index is 12.7. The molecule has 0 amide bonds. The summed E-state index contributed by atoms with van der Waals surface area (Å²) in [7, 11) is 0. The van der Waals surface area contributed by atoms with Crippen molar-refractivity contribution in [2.75, 3.05) is 0 Å². The Balaban J connectivity index is 1.87. The van der Waals surface area contributed by atoms with E-state index in [1.54, 1.807) is 6.20 Å². The SMILES string of the molecule is CCCn1ccnc1CC(N)C1CCC(C(F)(F)F)CC1. The number of halogens is 3. The molecule has 2 rings (SSSR count). The van der Waals surface area contributed by atoms with Crippen molar-refractivity contribution in [3.63, 3.8) is 0 Å². The lowest BCUT2D eigenvalue weighted by molar-refractivity contribution is -0.184. The quantitative estimate of drug-likeness (QED) is 0.904. The summed E-state index contributed by atoms with van der Waals surface area (Å²) in [5.41, 5.74) is 6.22. The van der Waals surface area contributed by atoms with Crippen molar-refractivity contribution in [1.82, 2.24) is 9.55 Å². The molecule has 2 N–H and O–H groups in total. The summed E-state index contributed by atoms with van der Waals surface area (Å²) in [5, 5.41) is 0. The van der Waals surface area contributed by atoms with Crippen LogP contribution in [0.5, 0.6) is 0 Å². The van der Waals surface area contributed by atoms with Crippen molar-refractivity contribution in [2.45, 2.75) is 64.2 Å². The molecule has 0 radical (unpaired) electrons. The number of rotatable bonds is 5. The Hall–Kier alpha value is -1.04. The fraction of sp³-hybridized carbons (Fsp3) is 0.800. The lowest BCUT2D eigenvalue weighted by Crippen LogP contribution is -2.38. The van der Waals surface area contributed by atoms with E-state index in [1.807, 2.05) is 6.20 Å². The molecule has 21 heavy (non-hydrogen) atoms. The smallest absolute Gasteiger partial charge is 0.335 e. The predicted molar refractivity (Wildman–Crippen MR) is 75.7 cm³/mol. The third kappa shape index (κ3) is 4.22.